The van der Waals surface area contributed by atoms with E-state index in [1.165, 1.54) is 5.20 Å². The molecule has 0 aromatic rings. The second kappa shape index (κ2) is 6.69. The van der Waals surface area contributed by atoms with Crippen molar-refractivity contribution >= 4 is 16.4 Å². The first kappa shape index (κ1) is 19.1. The molecule has 2 atom stereocenters. The lowest BCUT2D eigenvalue weighted by Gasteiger charge is -2.43. The molecule has 0 N–H and O–H groups in total. The predicted molar refractivity (Wildman–Crippen MR) is 98.1 cm³/mol. The zero-order valence-corrected chi connectivity index (χ0v) is 17.5. The molecule has 1 fully saturated rings. The second-order valence-electron chi connectivity index (χ2n) is 9.03. The molecule has 2 nitrogen and oxygen atoms in total. The molecule has 1 saturated heterocycles. The van der Waals surface area contributed by atoms with Gasteiger partial charge < -0.3 is 9.16 Å². The van der Waals surface area contributed by atoms with Crippen molar-refractivity contribution in [1.29, 1.82) is 0 Å². The smallest absolute Gasteiger partial charge is 0.192 e. The maximum atomic E-state index is 6.66. The molecule has 0 amide bonds. The first-order valence-electron chi connectivity index (χ1n) is 8.32. The van der Waals surface area contributed by atoms with E-state index in [4.69, 9.17) is 9.16 Å². The number of ether oxygens (including phenoxy) is 1. The van der Waals surface area contributed by atoms with Gasteiger partial charge in [-0.25, -0.2) is 0 Å². The van der Waals surface area contributed by atoms with Crippen molar-refractivity contribution in [2.24, 2.45) is 0 Å². The van der Waals surface area contributed by atoms with Crippen LogP contribution in [0.25, 0.3) is 0 Å². The zero-order chi connectivity index (χ0) is 16.5. The molecule has 0 aromatic carbocycles. The average Bonchev–Trinajstić information content (AvgIpc) is 2.28. The van der Waals surface area contributed by atoms with Gasteiger partial charge in [-0.15, -0.1) is 6.58 Å². The first-order chi connectivity index (χ1) is 9.34. The topological polar surface area (TPSA) is 18.5 Å². The molecule has 0 aliphatic carbocycles. The van der Waals surface area contributed by atoms with Crippen LogP contribution in [-0.2, 0) is 9.16 Å². The standard InChI is InChI=1S/C17H36O2Si2/c1-14(20(5,6)7)13-16-15(11-10-12-18-16)19-21(8,9)17(2,3)4/h15-16H,1,10-13H2,2-9H3/t15-,16+/m0/s1. The zero-order valence-electron chi connectivity index (χ0n) is 15.5. The van der Waals surface area contributed by atoms with Crippen LogP contribution in [0, 0.1) is 0 Å². The summed E-state index contributed by atoms with van der Waals surface area (Å²) in [5, 5.41) is 1.66. The van der Waals surface area contributed by atoms with Crippen molar-refractivity contribution in [1.82, 2.24) is 0 Å². The molecule has 1 rings (SSSR count). The third-order valence-electron chi connectivity index (χ3n) is 5.14. The van der Waals surface area contributed by atoms with Crippen LogP contribution >= 0.6 is 0 Å². The first-order valence-corrected chi connectivity index (χ1v) is 14.7. The molecule has 1 aliphatic heterocycles. The monoisotopic (exact) mass is 328 g/mol. The minimum absolute atomic E-state index is 0.215. The lowest BCUT2D eigenvalue weighted by Crippen LogP contribution is -2.49. The summed E-state index contributed by atoms with van der Waals surface area (Å²) in [6.45, 7) is 23.9. The van der Waals surface area contributed by atoms with Gasteiger partial charge in [0.05, 0.1) is 20.3 Å². The van der Waals surface area contributed by atoms with Gasteiger partial charge in [0.2, 0.25) is 0 Å². The Labute approximate surface area is 134 Å². The van der Waals surface area contributed by atoms with Gasteiger partial charge in [0.1, 0.15) is 0 Å². The van der Waals surface area contributed by atoms with Crippen LogP contribution in [0.15, 0.2) is 11.8 Å². The molecule has 0 radical (unpaired) electrons. The van der Waals surface area contributed by atoms with Crippen molar-refractivity contribution in [3.63, 3.8) is 0 Å². The highest BCUT2D eigenvalue weighted by Crippen LogP contribution is 2.39. The Morgan fingerprint density at radius 1 is 1.19 bits per heavy atom. The number of hydrogen-bond acceptors (Lipinski definition) is 2. The van der Waals surface area contributed by atoms with Crippen LogP contribution in [0.2, 0.25) is 37.8 Å². The third-order valence-corrected chi connectivity index (χ3v) is 12.0. The normalized spacial score (nSPS) is 25.0. The molecule has 0 saturated carbocycles. The Hall–Kier alpha value is 0.0938. The molecule has 0 spiro atoms. The summed E-state index contributed by atoms with van der Waals surface area (Å²) >= 11 is 0. The SMILES string of the molecule is C=C(C[C@H]1OCCC[C@@H]1O[Si](C)(C)C(C)(C)C)[Si](C)(C)C. The van der Waals surface area contributed by atoms with E-state index in [1.807, 2.05) is 0 Å². The Morgan fingerprint density at radius 2 is 1.76 bits per heavy atom. The molecular weight excluding hydrogens is 292 g/mol. The van der Waals surface area contributed by atoms with Crippen molar-refractivity contribution in [3.05, 3.63) is 11.8 Å². The largest absolute Gasteiger partial charge is 0.411 e. The van der Waals surface area contributed by atoms with Crippen LogP contribution < -0.4 is 0 Å². The van der Waals surface area contributed by atoms with E-state index < -0.39 is 16.4 Å². The molecule has 1 aliphatic rings. The Bertz CT molecular complexity index is 364. The molecule has 0 bridgehead atoms. The lowest BCUT2D eigenvalue weighted by atomic mass is 10.0. The summed E-state index contributed by atoms with van der Waals surface area (Å²) in [6.07, 6.45) is 3.71. The highest BCUT2D eigenvalue weighted by molar-refractivity contribution is 6.83. The molecule has 21 heavy (non-hydrogen) atoms. The average molecular weight is 329 g/mol. The van der Waals surface area contributed by atoms with Crippen molar-refractivity contribution in [2.75, 3.05) is 6.61 Å². The maximum absolute atomic E-state index is 6.66. The summed E-state index contributed by atoms with van der Waals surface area (Å²) in [7, 11) is -3.02. The predicted octanol–water partition coefficient (Wildman–Crippen LogP) is 5.38. The number of hydrogen-bond donors (Lipinski definition) is 0. The fraction of sp³-hybridized carbons (Fsp3) is 0.882. The highest BCUT2D eigenvalue weighted by Gasteiger charge is 2.42. The second-order valence-corrected chi connectivity index (χ2v) is 19.0. The molecular formula is C17H36O2Si2. The highest BCUT2D eigenvalue weighted by atomic mass is 28.4. The third kappa shape index (κ3) is 5.34. The van der Waals surface area contributed by atoms with Gasteiger partial charge in [0.15, 0.2) is 8.32 Å². The minimum Gasteiger partial charge on any atom is -0.411 e. The summed E-state index contributed by atoms with van der Waals surface area (Å²) in [5.41, 5.74) is 0. The number of rotatable bonds is 5. The van der Waals surface area contributed by atoms with E-state index in [1.54, 1.807) is 0 Å². The Balaban J connectivity index is 2.77. The van der Waals surface area contributed by atoms with Crippen LogP contribution in [0.5, 0.6) is 0 Å². The van der Waals surface area contributed by atoms with Crippen molar-refractivity contribution in [2.45, 2.75) is 90.0 Å². The van der Waals surface area contributed by atoms with E-state index >= 15 is 0 Å². The van der Waals surface area contributed by atoms with E-state index in [0.29, 0.717) is 0 Å². The van der Waals surface area contributed by atoms with Crippen LogP contribution in [0.1, 0.15) is 40.0 Å². The molecule has 4 heteroatoms. The van der Waals surface area contributed by atoms with Crippen LogP contribution in [0.3, 0.4) is 0 Å². The molecule has 0 aromatic heterocycles. The summed E-state index contributed by atoms with van der Waals surface area (Å²) in [6, 6.07) is 0. The fourth-order valence-corrected chi connectivity index (χ4v) is 4.44. The summed E-state index contributed by atoms with van der Waals surface area (Å²) in [4.78, 5) is 0. The van der Waals surface area contributed by atoms with Gasteiger partial charge in [-0.3, -0.25) is 0 Å². The minimum atomic E-state index is -1.73. The maximum Gasteiger partial charge on any atom is 0.192 e. The fourth-order valence-electron chi connectivity index (χ4n) is 2.24. The van der Waals surface area contributed by atoms with Crippen molar-refractivity contribution < 1.29 is 9.16 Å². The van der Waals surface area contributed by atoms with Gasteiger partial charge in [-0.1, -0.05) is 45.6 Å². The molecule has 1 heterocycles. The van der Waals surface area contributed by atoms with E-state index in [0.717, 1.165) is 25.9 Å². The van der Waals surface area contributed by atoms with Gasteiger partial charge in [0, 0.05) is 6.61 Å². The van der Waals surface area contributed by atoms with Gasteiger partial charge in [0.25, 0.3) is 0 Å². The van der Waals surface area contributed by atoms with Crippen molar-refractivity contribution in [3.8, 4) is 0 Å². The van der Waals surface area contributed by atoms with E-state index in [2.05, 4.69) is 60.1 Å². The summed E-state index contributed by atoms with van der Waals surface area (Å²) in [5.74, 6) is 0. The molecule has 124 valence electrons. The molecule has 0 unspecified atom stereocenters. The quantitative estimate of drug-likeness (QED) is 0.631. The van der Waals surface area contributed by atoms with Gasteiger partial charge in [-0.05, 0) is 37.4 Å². The van der Waals surface area contributed by atoms with E-state index in [-0.39, 0.29) is 17.2 Å². The van der Waals surface area contributed by atoms with Crippen LogP contribution in [0.4, 0.5) is 0 Å². The Morgan fingerprint density at radius 3 is 2.24 bits per heavy atom. The van der Waals surface area contributed by atoms with Gasteiger partial charge >= 0.3 is 0 Å². The van der Waals surface area contributed by atoms with Crippen LogP contribution in [-0.4, -0.2) is 35.2 Å². The van der Waals surface area contributed by atoms with E-state index in [9.17, 15) is 0 Å². The Kier molecular flexibility index (Phi) is 6.10. The summed E-state index contributed by atoms with van der Waals surface area (Å²) < 4.78 is 12.7. The van der Waals surface area contributed by atoms with Gasteiger partial charge in [-0.2, -0.15) is 0 Å². The lowest BCUT2D eigenvalue weighted by molar-refractivity contribution is -0.0658.